The van der Waals surface area contributed by atoms with Crippen LogP contribution in [0.5, 0.6) is 0 Å². The number of methoxy groups -OCH3 is 1. The fourth-order valence-electron chi connectivity index (χ4n) is 0.372. The number of hydrogen-bond acceptors (Lipinski definition) is 4. The Morgan fingerprint density at radius 1 is 1.58 bits per heavy atom. The zero-order valence-electron chi connectivity index (χ0n) is 7.38. The van der Waals surface area contributed by atoms with E-state index in [4.69, 9.17) is 14.7 Å². The number of nitriles is 1. The third-order valence-electron chi connectivity index (χ3n) is 1.21. The largest absolute Gasteiger partial charge is 0.430 e. The fourth-order valence-corrected chi connectivity index (χ4v) is 0.372. The molecule has 0 aliphatic heterocycles. The van der Waals surface area contributed by atoms with Gasteiger partial charge in [-0.3, -0.25) is 0 Å². The Balaban J connectivity index is 4.21. The van der Waals surface area contributed by atoms with Crippen LogP contribution in [0.25, 0.3) is 0 Å². The Labute approximate surface area is 71.4 Å². The summed E-state index contributed by atoms with van der Waals surface area (Å²) in [6.07, 6.45) is 0. The van der Waals surface area contributed by atoms with Crippen molar-refractivity contribution in [3.63, 3.8) is 0 Å². The molecule has 66 valence electrons. The van der Waals surface area contributed by atoms with Crippen molar-refractivity contribution < 1.29 is 14.3 Å². The second-order valence-corrected chi connectivity index (χ2v) is 2.58. The second kappa shape index (κ2) is 3.88. The van der Waals surface area contributed by atoms with Crippen LogP contribution in [0.4, 0.5) is 0 Å². The average molecular weight is 169 g/mol. The second-order valence-electron chi connectivity index (χ2n) is 2.58. The minimum absolute atomic E-state index is 0.236. The topological polar surface area (TPSA) is 59.3 Å². The summed E-state index contributed by atoms with van der Waals surface area (Å²) in [5, 5.41) is 8.28. The first-order valence-corrected chi connectivity index (χ1v) is 3.30. The molecule has 0 heterocycles. The number of carbonyl (C=O) groups excluding carboxylic acids is 1. The van der Waals surface area contributed by atoms with Crippen molar-refractivity contribution in [2.75, 3.05) is 7.11 Å². The molecule has 0 aromatic heterocycles. The Bertz CT molecular complexity index is 237. The maximum absolute atomic E-state index is 10.9. The Morgan fingerprint density at radius 2 is 2.08 bits per heavy atom. The molecule has 0 bridgehead atoms. The van der Waals surface area contributed by atoms with Gasteiger partial charge in [-0.2, -0.15) is 5.26 Å². The van der Waals surface area contributed by atoms with Crippen molar-refractivity contribution in [1.82, 2.24) is 0 Å². The molecule has 0 spiro atoms. The number of rotatable bonds is 3. The molecule has 0 aliphatic carbocycles. The molecular weight excluding hydrogens is 158 g/mol. The van der Waals surface area contributed by atoms with Gasteiger partial charge >= 0.3 is 5.97 Å². The summed E-state index contributed by atoms with van der Waals surface area (Å²) in [7, 11) is 1.41. The van der Waals surface area contributed by atoms with Crippen LogP contribution in [0, 0.1) is 11.3 Å². The lowest BCUT2D eigenvalue weighted by atomic mass is 10.3. The van der Waals surface area contributed by atoms with Crippen molar-refractivity contribution in [2.24, 2.45) is 0 Å². The molecule has 0 aromatic rings. The smallest absolute Gasteiger partial charge is 0.350 e. The van der Waals surface area contributed by atoms with Crippen LogP contribution in [0.15, 0.2) is 12.2 Å². The van der Waals surface area contributed by atoms with Crippen LogP contribution in [0.2, 0.25) is 0 Å². The average Bonchev–Trinajstić information content (AvgIpc) is 2.02. The quantitative estimate of drug-likeness (QED) is 0.273. The summed E-state index contributed by atoms with van der Waals surface area (Å²) in [4.78, 5) is 10.9. The van der Waals surface area contributed by atoms with E-state index in [1.54, 1.807) is 19.9 Å². The van der Waals surface area contributed by atoms with Gasteiger partial charge in [0.25, 0.3) is 0 Å². The van der Waals surface area contributed by atoms with Crippen LogP contribution < -0.4 is 0 Å². The van der Waals surface area contributed by atoms with Gasteiger partial charge in [0, 0.05) is 21.0 Å². The summed E-state index contributed by atoms with van der Waals surface area (Å²) in [6, 6.07) is 1.59. The van der Waals surface area contributed by atoms with Crippen LogP contribution in [-0.4, -0.2) is 18.9 Å². The molecule has 0 fully saturated rings. The standard InChI is InChI=1S/C8H11NO3/c1-6(5-9)7(10)12-8(2,3)11-4/h1H2,2-4H3. The zero-order valence-corrected chi connectivity index (χ0v) is 7.38. The van der Waals surface area contributed by atoms with E-state index in [1.807, 2.05) is 0 Å². The monoisotopic (exact) mass is 169 g/mol. The van der Waals surface area contributed by atoms with E-state index in [2.05, 4.69) is 6.58 Å². The molecule has 0 saturated carbocycles. The lowest BCUT2D eigenvalue weighted by molar-refractivity contribution is -0.201. The molecule has 4 heteroatoms. The van der Waals surface area contributed by atoms with Gasteiger partial charge in [-0.05, 0) is 0 Å². The predicted molar refractivity (Wildman–Crippen MR) is 41.9 cm³/mol. The fraction of sp³-hybridized carbons (Fsp3) is 0.500. The lowest BCUT2D eigenvalue weighted by Gasteiger charge is -2.22. The summed E-state index contributed by atoms with van der Waals surface area (Å²) < 4.78 is 9.57. The SMILES string of the molecule is C=C(C#N)C(=O)OC(C)(C)OC. The Morgan fingerprint density at radius 3 is 2.42 bits per heavy atom. The number of ether oxygens (including phenoxy) is 2. The van der Waals surface area contributed by atoms with Crippen molar-refractivity contribution in [3.05, 3.63) is 12.2 Å². The highest BCUT2D eigenvalue weighted by Crippen LogP contribution is 2.11. The zero-order chi connectivity index (χ0) is 9.78. The van der Waals surface area contributed by atoms with Crippen LogP contribution in [0.3, 0.4) is 0 Å². The predicted octanol–water partition coefficient (Wildman–Crippen LogP) is 0.992. The minimum Gasteiger partial charge on any atom is -0.430 e. The van der Waals surface area contributed by atoms with Crippen LogP contribution in [0.1, 0.15) is 13.8 Å². The highest BCUT2D eigenvalue weighted by molar-refractivity contribution is 5.92. The highest BCUT2D eigenvalue weighted by Gasteiger charge is 2.22. The van der Waals surface area contributed by atoms with E-state index >= 15 is 0 Å². The molecule has 0 radical (unpaired) electrons. The highest BCUT2D eigenvalue weighted by atomic mass is 16.7. The molecule has 0 saturated heterocycles. The van der Waals surface area contributed by atoms with Gasteiger partial charge in [0.15, 0.2) is 0 Å². The lowest BCUT2D eigenvalue weighted by Crippen LogP contribution is -2.30. The maximum Gasteiger partial charge on any atom is 0.350 e. The maximum atomic E-state index is 10.9. The van der Waals surface area contributed by atoms with Gasteiger partial charge in [-0.1, -0.05) is 6.58 Å². The number of hydrogen-bond donors (Lipinski definition) is 0. The van der Waals surface area contributed by atoms with E-state index in [0.29, 0.717) is 0 Å². The first-order chi connectivity index (χ1) is 5.43. The summed E-state index contributed by atoms with van der Waals surface area (Å²) in [6.45, 7) is 6.33. The van der Waals surface area contributed by atoms with Crippen molar-refractivity contribution in [3.8, 4) is 6.07 Å². The van der Waals surface area contributed by atoms with Gasteiger partial charge in [0.2, 0.25) is 5.79 Å². The van der Waals surface area contributed by atoms with Crippen molar-refractivity contribution >= 4 is 5.97 Å². The van der Waals surface area contributed by atoms with Gasteiger partial charge in [0.1, 0.15) is 11.6 Å². The Hall–Kier alpha value is -1.34. The molecule has 0 atom stereocenters. The van der Waals surface area contributed by atoms with E-state index in [1.165, 1.54) is 7.11 Å². The van der Waals surface area contributed by atoms with Crippen LogP contribution >= 0.6 is 0 Å². The molecule has 0 unspecified atom stereocenters. The third-order valence-corrected chi connectivity index (χ3v) is 1.21. The first-order valence-electron chi connectivity index (χ1n) is 3.30. The molecule has 4 nitrogen and oxygen atoms in total. The molecular formula is C8H11NO3. The summed E-state index contributed by atoms with van der Waals surface area (Å²) in [5.74, 6) is -1.78. The summed E-state index contributed by atoms with van der Waals surface area (Å²) in [5.41, 5.74) is -0.236. The van der Waals surface area contributed by atoms with E-state index in [9.17, 15) is 4.79 Å². The van der Waals surface area contributed by atoms with E-state index in [0.717, 1.165) is 0 Å². The van der Waals surface area contributed by atoms with Gasteiger partial charge in [-0.15, -0.1) is 0 Å². The molecule has 0 N–H and O–H groups in total. The van der Waals surface area contributed by atoms with Gasteiger partial charge in [0.05, 0.1) is 0 Å². The van der Waals surface area contributed by atoms with Gasteiger partial charge in [-0.25, -0.2) is 4.79 Å². The molecule has 12 heavy (non-hydrogen) atoms. The first kappa shape index (κ1) is 10.7. The number of carbonyl (C=O) groups is 1. The molecule has 0 rings (SSSR count). The van der Waals surface area contributed by atoms with E-state index in [-0.39, 0.29) is 5.57 Å². The molecule has 0 aromatic carbocycles. The minimum atomic E-state index is -1.02. The third kappa shape index (κ3) is 3.17. The molecule has 0 amide bonds. The number of esters is 1. The van der Waals surface area contributed by atoms with E-state index < -0.39 is 11.8 Å². The number of nitrogens with zero attached hydrogens (tertiary/aromatic N) is 1. The summed E-state index contributed by atoms with van der Waals surface area (Å²) >= 11 is 0. The van der Waals surface area contributed by atoms with Gasteiger partial charge < -0.3 is 9.47 Å². The van der Waals surface area contributed by atoms with Crippen LogP contribution in [-0.2, 0) is 14.3 Å². The molecule has 0 aliphatic rings. The van der Waals surface area contributed by atoms with Crippen molar-refractivity contribution in [1.29, 1.82) is 5.26 Å². The van der Waals surface area contributed by atoms with Crippen molar-refractivity contribution in [2.45, 2.75) is 19.6 Å². The normalized spacial score (nSPS) is 10.2. The Kier molecular flexibility index (Phi) is 3.45.